The number of urea groups is 1. The van der Waals surface area contributed by atoms with Crippen LogP contribution >= 0.6 is 11.6 Å². The van der Waals surface area contributed by atoms with Gasteiger partial charge in [-0.25, -0.2) is 14.0 Å². The standard InChI is InChI=1S/C15H16ClFN2O3/c1-4-19-8(2)11(14(20)22-3)13(18-15(19)21)12-9(16)6-5-7-10(12)17/h5-7,13H,4H2,1-3H3,(H,18,21)/t13-/m0/s1. The number of nitrogens with zero attached hydrogens (tertiary/aromatic N) is 1. The molecule has 0 saturated heterocycles. The van der Waals surface area contributed by atoms with Gasteiger partial charge in [0.1, 0.15) is 5.82 Å². The Morgan fingerprint density at radius 3 is 2.73 bits per heavy atom. The number of amides is 2. The van der Waals surface area contributed by atoms with Crippen molar-refractivity contribution in [2.45, 2.75) is 19.9 Å². The van der Waals surface area contributed by atoms with Crippen molar-refractivity contribution in [1.29, 1.82) is 0 Å². The molecule has 1 aliphatic heterocycles. The van der Waals surface area contributed by atoms with E-state index in [2.05, 4.69) is 5.32 Å². The highest BCUT2D eigenvalue weighted by atomic mass is 35.5. The van der Waals surface area contributed by atoms with Gasteiger partial charge in [0.25, 0.3) is 0 Å². The van der Waals surface area contributed by atoms with Gasteiger partial charge in [-0.3, -0.25) is 4.90 Å². The highest BCUT2D eigenvalue weighted by Crippen LogP contribution is 2.35. The van der Waals surface area contributed by atoms with Crippen LogP contribution in [0.25, 0.3) is 0 Å². The van der Waals surface area contributed by atoms with E-state index in [0.717, 1.165) is 0 Å². The molecule has 0 aromatic heterocycles. The number of hydrogen-bond donors (Lipinski definition) is 1. The van der Waals surface area contributed by atoms with Crippen molar-refractivity contribution >= 4 is 23.6 Å². The van der Waals surface area contributed by atoms with Gasteiger partial charge in [0.05, 0.1) is 18.7 Å². The zero-order valence-electron chi connectivity index (χ0n) is 12.4. The first kappa shape index (κ1) is 16.3. The summed E-state index contributed by atoms with van der Waals surface area (Å²) in [6.45, 7) is 3.76. The normalized spacial score (nSPS) is 18.3. The van der Waals surface area contributed by atoms with Gasteiger partial charge in [0.15, 0.2) is 0 Å². The molecule has 1 N–H and O–H groups in total. The summed E-state index contributed by atoms with van der Waals surface area (Å²) in [7, 11) is 1.23. The number of hydrogen-bond acceptors (Lipinski definition) is 3. The van der Waals surface area contributed by atoms with Crippen LogP contribution in [0.4, 0.5) is 9.18 Å². The van der Waals surface area contributed by atoms with Crippen LogP contribution in [-0.2, 0) is 9.53 Å². The number of allylic oxidation sites excluding steroid dienone is 1. The molecule has 0 saturated carbocycles. The first-order valence-electron chi connectivity index (χ1n) is 6.73. The second-order valence-electron chi connectivity index (χ2n) is 4.75. The molecule has 118 valence electrons. The third-order valence-corrected chi connectivity index (χ3v) is 3.94. The maximum Gasteiger partial charge on any atom is 0.337 e. The minimum absolute atomic E-state index is 0.0491. The van der Waals surface area contributed by atoms with Crippen molar-refractivity contribution in [1.82, 2.24) is 10.2 Å². The molecule has 1 aliphatic rings. The molecule has 1 aromatic carbocycles. The predicted octanol–water partition coefficient (Wildman–Crippen LogP) is 3.01. The number of carbonyl (C=O) groups excluding carboxylic acids is 2. The van der Waals surface area contributed by atoms with E-state index < -0.39 is 23.9 Å². The van der Waals surface area contributed by atoms with E-state index in [9.17, 15) is 14.0 Å². The average Bonchev–Trinajstić information content (AvgIpc) is 2.46. The maximum absolute atomic E-state index is 14.2. The minimum Gasteiger partial charge on any atom is -0.466 e. The first-order chi connectivity index (χ1) is 10.4. The number of methoxy groups -OCH3 is 1. The molecule has 1 atom stereocenters. The number of halogens is 2. The Morgan fingerprint density at radius 1 is 1.50 bits per heavy atom. The predicted molar refractivity (Wildman–Crippen MR) is 79.8 cm³/mol. The van der Waals surface area contributed by atoms with E-state index in [1.807, 2.05) is 0 Å². The molecule has 0 spiro atoms. The van der Waals surface area contributed by atoms with Gasteiger partial charge in [-0.05, 0) is 26.0 Å². The van der Waals surface area contributed by atoms with Gasteiger partial charge >= 0.3 is 12.0 Å². The molecule has 7 heteroatoms. The van der Waals surface area contributed by atoms with Crippen molar-refractivity contribution in [3.63, 3.8) is 0 Å². The molecule has 0 bridgehead atoms. The van der Waals surface area contributed by atoms with Gasteiger partial charge in [-0.2, -0.15) is 0 Å². The Balaban J connectivity index is 2.66. The summed E-state index contributed by atoms with van der Waals surface area (Å²) >= 11 is 6.06. The molecule has 22 heavy (non-hydrogen) atoms. The summed E-state index contributed by atoms with van der Waals surface area (Å²) in [5.74, 6) is -1.24. The Hall–Kier alpha value is -2.08. The quantitative estimate of drug-likeness (QED) is 0.869. The zero-order chi connectivity index (χ0) is 16.4. The average molecular weight is 327 g/mol. The van der Waals surface area contributed by atoms with E-state index in [1.165, 1.54) is 30.2 Å². The molecule has 1 aromatic rings. The molecule has 0 aliphatic carbocycles. The minimum atomic E-state index is -0.989. The lowest BCUT2D eigenvalue weighted by molar-refractivity contribution is -0.136. The monoisotopic (exact) mass is 326 g/mol. The molecule has 1 heterocycles. The molecule has 0 fully saturated rings. The number of rotatable bonds is 3. The van der Waals surface area contributed by atoms with E-state index in [-0.39, 0.29) is 16.2 Å². The van der Waals surface area contributed by atoms with Gasteiger partial charge in [-0.1, -0.05) is 17.7 Å². The summed E-state index contributed by atoms with van der Waals surface area (Å²) < 4.78 is 19.0. The van der Waals surface area contributed by atoms with Crippen LogP contribution in [-0.4, -0.2) is 30.6 Å². The molecular formula is C15H16ClFN2O3. The lowest BCUT2D eigenvalue weighted by Gasteiger charge is -2.35. The van der Waals surface area contributed by atoms with E-state index in [1.54, 1.807) is 13.8 Å². The number of nitrogens with one attached hydrogen (secondary N) is 1. The van der Waals surface area contributed by atoms with Crippen molar-refractivity contribution in [2.24, 2.45) is 0 Å². The number of carbonyl (C=O) groups is 2. The highest BCUT2D eigenvalue weighted by molar-refractivity contribution is 6.31. The molecular weight excluding hydrogens is 311 g/mol. The molecule has 5 nitrogen and oxygen atoms in total. The zero-order valence-corrected chi connectivity index (χ0v) is 13.2. The van der Waals surface area contributed by atoms with Crippen molar-refractivity contribution in [2.75, 3.05) is 13.7 Å². The van der Waals surface area contributed by atoms with Crippen LogP contribution in [0.2, 0.25) is 5.02 Å². The molecule has 2 rings (SSSR count). The smallest absolute Gasteiger partial charge is 0.337 e. The summed E-state index contributed by atoms with van der Waals surface area (Å²) in [6.07, 6.45) is 0. The van der Waals surface area contributed by atoms with Crippen molar-refractivity contribution in [3.05, 3.63) is 45.9 Å². The van der Waals surface area contributed by atoms with Gasteiger partial charge in [0, 0.05) is 22.8 Å². The van der Waals surface area contributed by atoms with Gasteiger partial charge in [-0.15, -0.1) is 0 Å². The second-order valence-corrected chi connectivity index (χ2v) is 5.16. The van der Waals surface area contributed by atoms with Crippen molar-refractivity contribution < 1.29 is 18.7 Å². The van der Waals surface area contributed by atoms with E-state index >= 15 is 0 Å². The van der Waals surface area contributed by atoms with Crippen LogP contribution < -0.4 is 5.32 Å². The molecule has 0 unspecified atom stereocenters. The summed E-state index contributed by atoms with van der Waals surface area (Å²) in [6, 6.07) is 2.78. The number of benzene rings is 1. The fraction of sp³-hybridized carbons (Fsp3) is 0.333. The van der Waals surface area contributed by atoms with E-state index in [0.29, 0.717) is 12.2 Å². The molecule has 0 radical (unpaired) electrons. The Morgan fingerprint density at radius 2 is 2.18 bits per heavy atom. The molecule has 2 amide bonds. The van der Waals surface area contributed by atoms with Crippen LogP contribution in [0.15, 0.2) is 29.5 Å². The fourth-order valence-corrected chi connectivity index (χ4v) is 2.81. The summed E-state index contributed by atoms with van der Waals surface area (Å²) in [4.78, 5) is 25.7. The topological polar surface area (TPSA) is 58.6 Å². The fourth-order valence-electron chi connectivity index (χ4n) is 2.54. The first-order valence-corrected chi connectivity index (χ1v) is 7.11. The van der Waals surface area contributed by atoms with Crippen molar-refractivity contribution in [3.8, 4) is 0 Å². The van der Waals surface area contributed by atoms with Crippen LogP contribution in [0.5, 0.6) is 0 Å². The van der Waals surface area contributed by atoms with Crippen LogP contribution in [0.3, 0.4) is 0 Å². The van der Waals surface area contributed by atoms with Gasteiger partial charge in [0.2, 0.25) is 0 Å². The number of esters is 1. The largest absolute Gasteiger partial charge is 0.466 e. The Bertz CT molecular complexity index is 640. The van der Waals surface area contributed by atoms with Crippen LogP contribution in [0, 0.1) is 5.82 Å². The lowest BCUT2D eigenvalue weighted by Crippen LogP contribution is -2.48. The summed E-state index contributed by atoms with van der Waals surface area (Å²) in [5.41, 5.74) is 0.631. The second kappa shape index (κ2) is 6.36. The Labute approximate surface area is 132 Å². The van der Waals surface area contributed by atoms with Crippen LogP contribution in [0.1, 0.15) is 25.5 Å². The maximum atomic E-state index is 14.2. The third-order valence-electron chi connectivity index (χ3n) is 3.61. The summed E-state index contributed by atoms with van der Waals surface area (Å²) in [5, 5.41) is 2.74. The Kier molecular flexibility index (Phi) is 4.71. The third kappa shape index (κ3) is 2.66. The van der Waals surface area contributed by atoms with Gasteiger partial charge < -0.3 is 10.1 Å². The number of ether oxygens (including phenoxy) is 1. The highest BCUT2D eigenvalue weighted by Gasteiger charge is 2.37. The lowest BCUT2D eigenvalue weighted by atomic mass is 9.94. The van der Waals surface area contributed by atoms with E-state index in [4.69, 9.17) is 16.3 Å². The SMILES string of the molecule is CCN1C(=O)N[C@H](c2c(F)cccc2Cl)C(C(=O)OC)=C1C.